The minimum absolute atomic E-state index is 0.0741. The van der Waals surface area contributed by atoms with Crippen molar-refractivity contribution in [1.29, 1.82) is 0 Å². The third kappa shape index (κ3) is 4.51. The van der Waals surface area contributed by atoms with Crippen molar-refractivity contribution in [2.75, 3.05) is 17.4 Å². The smallest absolute Gasteiger partial charge is 0.260 e. The first kappa shape index (κ1) is 31.8. The van der Waals surface area contributed by atoms with E-state index in [9.17, 15) is 23.9 Å². The minimum atomic E-state index is -1.63. The lowest BCUT2D eigenvalue weighted by Gasteiger charge is -2.50. The number of hydrogen-bond acceptors (Lipinski definition) is 7. The molecule has 6 atom stereocenters. The number of halogens is 2. The monoisotopic (exact) mass is 691 g/mol. The molecule has 252 valence electrons. The van der Waals surface area contributed by atoms with Crippen molar-refractivity contribution < 1.29 is 33.4 Å². The normalized spacial score (nSPS) is 27.1. The topological polar surface area (TPSA) is 116 Å². The van der Waals surface area contributed by atoms with Crippen LogP contribution < -0.4 is 15.1 Å². The highest BCUT2D eigenvalue weighted by molar-refractivity contribution is 6.30. The number of aromatic hydroxyl groups is 1. The minimum Gasteiger partial charge on any atom is -0.504 e. The van der Waals surface area contributed by atoms with Crippen LogP contribution in [0, 0.1) is 29.5 Å². The largest absolute Gasteiger partial charge is 0.504 e. The summed E-state index contributed by atoms with van der Waals surface area (Å²) in [5.41, 5.74) is 3.57. The van der Waals surface area contributed by atoms with Crippen LogP contribution in [-0.4, -0.2) is 40.9 Å². The number of imide groups is 2. The Labute approximate surface area is 291 Å². The molecule has 0 spiro atoms. The molecule has 2 aliphatic carbocycles. The van der Waals surface area contributed by atoms with E-state index in [2.05, 4.69) is 5.43 Å². The zero-order valence-electron chi connectivity index (χ0n) is 26.8. The van der Waals surface area contributed by atoms with Gasteiger partial charge in [-0.15, -0.1) is 0 Å². The summed E-state index contributed by atoms with van der Waals surface area (Å²) >= 11 is 6.34. The zero-order chi connectivity index (χ0) is 34.9. The zero-order valence-corrected chi connectivity index (χ0v) is 27.5. The molecule has 1 saturated carbocycles. The van der Waals surface area contributed by atoms with Gasteiger partial charge in [-0.05, 0) is 78.9 Å². The van der Waals surface area contributed by atoms with Gasteiger partial charge in [0.2, 0.25) is 11.8 Å². The lowest BCUT2D eigenvalue weighted by Crippen LogP contribution is -2.53. The maximum atomic E-state index is 15.2. The first-order chi connectivity index (χ1) is 24.2. The van der Waals surface area contributed by atoms with E-state index in [1.165, 1.54) is 36.3 Å². The van der Waals surface area contributed by atoms with Gasteiger partial charge in [-0.1, -0.05) is 65.7 Å². The predicted octanol–water partition coefficient (Wildman–Crippen LogP) is 6.38. The second kappa shape index (κ2) is 11.8. The van der Waals surface area contributed by atoms with Gasteiger partial charge in [-0.2, -0.15) is 5.01 Å². The highest BCUT2D eigenvalue weighted by Gasteiger charge is 2.70. The molecular formula is C39H31ClFN3O6. The molecule has 4 amide bonds. The number of rotatable bonds is 6. The van der Waals surface area contributed by atoms with Crippen LogP contribution in [0.2, 0.25) is 5.02 Å². The van der Waals surface area contributed by atoms with Crippen LogP contribution in [0.3, 0.4) is 0 Å². The molecule has 8 rings (SSSR count). The highest BCUT2D eigenvalue weighted by Crippen LogP contribution is 2.65. The number of anilines is 2. The van der Waals surface area contributed by atoms with E-state index in [1.807, 2.05) is 6.08 Å². The Morgan fingerprint density at radius 2 is 1.58 bits per heavy atom. The van der Waals surface area contributed by atoms with Gasteiger partial charge in [0.05, 0.1) is 41.7 Å². The molecular weight excluding hydrogens is 661 g/mol. The second-order valence-corrected chi connectivity index (χ2v) is 13.6. The van der Waals surface area contributed by atoms with E-state index >= 15 is 4.79 Å². The number of amides is 4. The van der Waals surface area contributed by atoms with E-state index in [0.717, 1.165) is 5.01 Å². The summed E-state index contributed by atoms with van der Waals surface area (Å²) in [6, 6.07) is 25.7. The Hall–Kier alpha value is -5.48. The molecule has 6 unspecified atom stereocenters. The van der Waals surface area contributed by atoms with Gasteiger partial charge in [0.15, 0.2) is 11.5 Å². The fourth-order valence-electron chi connectivity index (χ4n) is 8.77. The van der Waals surface area contributed by atoms with Gasteiger partial charge < -0.3 is 9.84 Å². The van der Waals surface area contributed by atoms with E-state index in [1.54, 1.807) is 72.8 Å². The molecule has 50 heavy (non-hydrogen) atoms. The molecule has 4 aliphatic rings. The summed E-state index contributed by atoms with van der Waals surface area (Å²) in [6.45, 7) is 0. The molecule has 4 aromatic rings. The summed E-state index contributed by atoms with van der Waals surface area (Å²) in [5.74, 6) is -6.46. The van der Waals surface area contributed by atoms with Crippen molar-refractivity contribution >= 4 is 46.6 Å². The second-order valence-electron chi connectivity index (χ2n) is 13.1. The number of methoxy groups -OCH3 is 1. The first-order valence-electron chi connectivity index (χ1n) is 16.3. The van der Waals surface area contributed by atoms with E-state index in [-0.39, 0.29) is 36.2 Å². The Kier molecular flexibility index (Phi) is 7.52. The van der Waals surface area contributed by atoms with Crippen molar-refractivity contribution in [3.63, 3.8) is 0 Å². The maximum Gasteiger partial charge on any atom is 0.260 e. The van der Waals surface area contributed by atoms with Crippen LogP contribution in [0.15, 0.2) is 109 Å². The number of phenols is 1. The molecule has 2 saturated heterocycles. The van der Waals surface area contributed by atoms with E-state index < -0.39 is 52.6 Å². The summed E-state index contributed by atoms with van der Waals surface area (Å²) in [7, 11) is 1.42. The SMILES string of the molecule is COc1cccc(C2C3=CCC4C(=O)N(c5ccccc5)C(=O)C4C3CC3C(=O)N(Nc4ccc(F)cc4)C(=O)C32c2ccc(Cl)cc2)c1O. The Morgan fingerprint density at radius 3 is 2.28 bits per heavy atom. The highest BCUT2D eigenvalue weighted by atomic mass is 35.5. The molecule has 0 aromatic heterocycles. The number of para-hydroxylation sites is 2. The Balaban J connectivity index is 1.35. The van der Waals surface area contributed by atoms with Gasteiger partial charge in [0.25, 0.3) is 11.8 Å². The number of carbonyl (C=O) groups is 4. The summed E-state index contributed by atoms with van der Waals surface area (Å²) < 4.78 is 19.3. The van der Waals surface area contributed by atoms with Crippen molar-refractivity contribution in [3.8, 4) is 11.5 Å². The van der Waals surface area contributed by atoms with Gasteiger partial charge in [0.1, 0.15) is 5.82 Å². The average molecular weight is 692 g/mol. The first-order valence-corrected chi connectivity index (χ1v) is 16.7. The van der Waals surface area contributed by atoms with Gasteiger partial charge >= 0.3 is 0 Å². The van der Waals surface area contributed by atoms with Crippen molar-refractivity contribution in [2.45, 2.75) is 24.2 Å². The number of hydrazine groups is 1. The molecule has 0 bridgehead atoms. The quantitative estimate of drug-likeness (QED) is 0.178. The third-order valence-corrected chi connectivity index (χ3v) is 11.1. The van der Waals surface area contributed by atoms with Crippen molar-refractivity contribution in [3.05, 3.63) is 131 Å². The summed E-state index contributed by atoms with van der Waals surface area (Å²) in [6.07, 6.45) is 2.22. The Morgan fingerprint density at radius 1 is 0.860 bits per heavy atom. The van der Waals surface area contributed by atoms with Gasteiger partial charge in [0, 0.05) is 16.5 Å². The Bertz CT molecular complexity index is 2090. The van der Waals surface area contributed by atoms with Crippen LogP contribution in [0.1, 0.15) is 29.9 Å². The van der Waals surface area contributed by atoms with Crippen LogP contribution in [0.4, 0.5) is 15.8 Å². The molecule has 4 aromatic carbocycles. The molecule has 0 radical (unpaired) electrons. The number of phenolic OH excluding ortho intramolecular Hbond substituents is 1. The van der Waals surface area contributed by atoms with E-state index in [0.29, 0.717) is 33.1 Å². The predicted molar refractivity (Wildman–Crippen MR) is 183 cm³/mol. The van der Waals surface area contributed by atoms with Crippen LogP contribution in [0.25, 0.3) is 0 Å². The number of hydrogen-bond donors (Lipinski definition) is 2. The standard InChI is InChI=1S/C39H31ClFN3O6/c1-50-31-9-5-8-28(34(31)45)33-26-18-19-27-32(37(48)43(35(27)46)25-6-3-2-4-7-25)29(26)20-30-36(47)44(42-24-16-14-23(41)15-17-24)38(49)39(30,33)21-10-12-22(40)13-11-21/h2-18,27,29-30,32-33,42,45H,19-20H2,1H3. The van der Waals surface area contributed by atoms with Crippen molar-refractivity contribution in [2.24, 2.45) is 23.7 Å². The number of nitrogens with one attached hydrogen (secondary N) is 1. The van der Waals surface area contributed by atoms with Crippen LogP contribution >= 0.6 is 11.6 Å². The summed E-state index contributed by atoms with van der Waals surface area (Å²) in [5, 5.41) is 13.1. The number of ether oxygens (including phenoxy) is 1. The summed E-state index contributed by atoms with van der Waals surface area (Å²) in [4.78, 5) is 59.4. The number of benzene rings is 4. The fraction of sp³-hybridized carbons (Fsp3) is 0.231. The van der Waals surface area contributed by atoms with Gasteiger partial charge in [-0.3, -0.25) is 29.5 Å². The number of carbonyl (C=O) groups excluding carboxylic acids is 4. The number of fused-ring (bicyclic) bond motifs is 4. The molecule has 2 N–H and O–H groups in total. The number of nitrogens with zero attached hydrogens (tertiary/aromatic N) is 2. The molecule has 3 fully saturated rings. The molecule has 2 aliphatic heterocycles. The van der Waals surface area contributed by atoms with Gasteiger partial charge in [-0.25, -0.2) is 4.39 Å². The molecule has 11 heteroatoms. The number of allylic oxidation sites excluding steroid dienone is 2. The molecule has 2 heterocycles. The lowest BCUT2D eigenvalue weighted by atomic mass is 9.49. The van der Waals surface area contributed by atoms with Crippen LogP contribution in [0.5, 0.6) is 11.5 Å². The molecule has 9 nitrogen and oxygen atoms in total. The van der Waals surface area contributed by atoms with Crippen LogP contribution in [-0.2, 0) is 24.6 Å². The maximum absolute atomic E-state index is 15.2. The van der Waals surface area contributed by atoms with Crippen molar-refractivity contribution in [1.82, 2.24) is 5.01 Å². The fourth-order valence-corrected chi connectivity index (χ4v) is 8.89. The lowest BCUT2D eigenvalue weighted by molar-refractivity contribution is -0.138. The third-order valence-electron chi connectivity index (χ3n) is 10.8. The average Bonchev–Trinajstić information content (AvgIpc) is 3.51. The van der Waals surface area contributed by atoms with E-state index in [4.69, 9.17) is 16.3 Å².